The molecule has 3 nitrogen and oxygen atoms in total. The Balaban J connectivity index is 1.73. The van der Waals surface area contributed by atoms with Crippen molar-refractivity contribution in [1.82, 2.24) is 4.90 Å². The predicted molar refractivity (Wildman–Crippen MR) is 85.3 cm³/mol. The van der Waals surface area contributed by atoms with Crippen LogP contribution in [0.3, 0.4) is 0 Å². The summed E-state index contributed by atoms with van der Waals surface area (Å²) in [4.78, 5) is 15.0. The van der Waals surface area contributed by atoms with Crippen LogP contribution in [0.25, 0.3) is 0 Å². The van der Waals surface area contributed by atoms with E-state index in [-0.39, 0.29) is 18.2 Å². The number of ether oxygens (including phenoxy) is 1. The summed E-state index contributed by atoms with van der Waals surface area (Å²) in [7, 11) is 1.74. The van der Waals surface area contributed by atoms with Crippen molar-refractivity contribution < 1.29 is 9.53 Å². The smallest absolute Gasteiger partial charge is 0.252 e. The van der Waals surface area contributed by atoms with Crippen LogP contribution in [0, 0.1) is 0 Å². The highest BCUT2D eigenvalue weighted by Crippen LogP contribution is 2.44. The lowest BCUT2D eigenvalue weighted by atomic mass is 9.86. The van der Waals surface area contributed by atoms with Gasteiger partial charge in [0.05, 0.1) is 6.04 Å². The Morgan fingerprint density at radius 2 is 1.91 bits per heavy atom. The van der Waals surface area contributed by atoms with Crippen LogP contribution in [0.2, 0.25) is 0 Å². The molecule has 2 atom stereocenters. The van der Waals surface area contributed by atoms with E-state index >= 15 is 0 Å². The molecule has 1 heterocycles. The maximum Gasteiger partial charge on any atom is 0.252 e. The van der Waals surface area contributed by atoms with Gasteiger partial charge in [-0.2, -0.15) is 0 Å². The molecular formula is C19H23NO2. The minimum Gasteiger partial charge on any atom is -0.357 e. The minimum atomic E-state index is -0.140. The molecule has 116 valence electrons. The molecule has 1 aliphatic heterocycles. The molecule has 1 amide bonds. The molecule has 0 aromatic heterocycles. The van der Waals surface area contributed by atoms with Crippen molar-refractivity contribution in [2.45, 2.75) is 57.2 Å². The van der Waals surface area contributed by atoms with E-state index in [0.717, 1.165) is 44.1 Å². The van der Waals surface area contributed by atoms with Gasteiger partial charge in [-0.3, -0.25) is 4.79 Å². The average Bonchev–Trinajstić information content (AvgIpc) is 2.87. The summed E-state index contributed by atoms with van der Waals surface area (Å²) in [6.45, 7) is 0. The Morgan fingerprint density at radius 3 is 2.77 bits per heavy atom. The zero-order valence-corrected chi connectivity index (χ0v) is 13.2. The first-order chi connectivity index (χ1) is 10.8. The fraction of sp³-hybridized carbons (Fsp3) is 0.526. The summed E-state index contributed by atoms with van der Waals surface area (Å²) in [5, 5.41) is 0. The molecule has 2 aliphatic carbocycles. The first kappa shape index (κ1) is 14.0. The van der Waals surface area contributed by atoms with E-state index in [1.807, 2.05) is 4.90 Å². The van der Waals surface area contributed by atoms with Crippen molar-refractivity contribution in [3.8, 4) is 0 Å². The Morgan fingerprint density at radius 1 is 1.09 bits per heavy atom. The third-order valence-electron chi connectivity index (χ3n) is 5.45. The average molecular weight is 297 g/mol. The Hall–Kier alpha value is -1.61. The fourth-order valence-corrected chi connectivity index (χ4v) is 4.45. The van der Waals surface area contributed by atoms with Crippen LogP contribution in [0.4, 0.5) is 0 Å². The standard InChI is InChI=1S/C19H23NO2/c1-22-19-16-11-5-4-10-15(16)18(21)20(19)17-12-6-8-13-7-2-3-9-14(13)17/h2-3,7,9,17,19H,4-6,8,10-12H2,1H3/t17-,19-/m0/s1. The molecule has 3 aliphatic rings. The summed E-state index contributed by atoms with van der Waals surface area (Å²) in [6, 6.07) is 8.76. The zero-order chi connectivity index (χ0) is 15.1. The van der Waals surface area contributed by atoms with Gasteiger partial charge < -0.3 is 9.64 Å². The largest absolute Gasteiger partial charge is 0.357 e. The summed E-state index contributed by atoms with van der Waals surface area (Å²) < 4.78 is 5.78. The van der Waals surface area contributed by atoms with Gasteiger partial charge in [0, 0.05) is 12.7 Å². The highest BCUT2D eigenvalue weighted by Gasteiger charge is 2.44. The molecule has 0 bridgehead atoms. The molecule has 0 N–H and O–H groups in total. The molecule has 0 saturated carbocycles. The maximum atomic E-state index is 13.0. The van der Waals surface area contributed by atoms with E-state index in [1.54, 1.807) is 7.11 Å². The van der Waals surface area contributed by atoms with E-state index in [9.17, 15) is 4.79 Å². The van der Waals surface area contributed by atoms with Crippen LogP contribution in [0.1, 0.15) is 55.7 Å². The van der Waals surface area contributed by atoms with Crippen molar-refractivity contribution in [1.29, 1.82) is 0 Å². The van der Waals surface area contributed by atoms with Gasteiger partial charge in [0.1, 0.15) is 0 Å². The molecule has 22 heavy (non-hydrogen) atoms. The molecule has 0 fully saturated rings. The van der Waals surface area contributed by atoms with Crippen molar-refractivity contribution in [2.24, 2.45) is 0 Å². The summed E-state index contributed by atoms with van der Waals surface area (Å²) in [5.74, 6) is 0.225. The van der Waals surface area contributed by atoms with Gasteiger partial charge in [0.15, 0.2) is 6.23 Å². The number of nitrogens with zero attached hydrogens (tertiary/aromatic N) is 1. The van der Waals surface area contributed by atoms with Crippen LogP contribution in [-0.4, -0.2) is 24.1 Å². The fourth-order valence-electron chi connectivity index (χ4n) is 4.45. The summed E-state index contributed by atoms with van der Waals surface area (Å²) in [5.41, 5.74) is 5.01. The van der Waals surface area contributed by atoms with Crippen molar-refractivity contribution in [3.63, 3.8) is 0 Å². The first-order valence-corrected chi connectivity index (χ1v) is 8.46. The van der Waals surface area contributed by atoms with Crippen LogP contribution in [-0.2, 0) is 16.0 Å². The molecule has 0 saturated heterocycles. The third-order valence-corrected chi connectivity index (χ3v) is 5.45. The highest BCUT2D eigenvalue weighted by molar-refractivity contribution is 5.98. The third kappa shape index (κ3) is 2.03. The lowest BCUT2D eigenvalue weighted by Gasteiger charge is -2.37. The molecular weight excluding hydrogens is 274 g/mol. The van der Waals surface area contributed by atoms with Crippen LogP contribution in [0.5, 0.6) is 0 Å². The van der Waals surface area contributed by atoms with E-state index in [2.05, 4.69) is 24.3 Å². The number of carbonyl (C=O) groups is 1. The lowest BCUT2D eigenvalue weighted by Crippen LogP contribution is -2.41. The number of amides is 1. The number of fused-ring (bicyclic) bond motifs is 1. The molecule has 1 aromatic carbocycles. The molecule has 4 rings (SSSR count). The number of rotatable bonds is 2. The van der Waals surface area contributed by atoms with Gasteiger partial charge in [0.2, 0.25) is 0 Å². The van der Waals surface area contributed by atoms with Crippen LogP contribution >= 0.6 is 0 Å². The number of hydrogen-bond acceptors (Lipinski definition) is 2. The Labute approximate surface area is 132 Å². The second kappa shape index (κ2) is 5.54. The molecule has 3 heteroatoms. The normalized spacial score (nSPS) is 27.9. The predicted octanol–water partition coefficient (Wildman–Crippen LogP) is 3.75. The van der Waals surface area contributed by atoms with Gasteiger partial charge in [-0.15, -0.1) is 0 Å². The number of aryl methyl sites for hydroxylation is 1. The Bertz CT molecular complexity index is 634. The molecule has 0 radical (unpaired) electrons. The first-order valence-electron chi connectivity index (χ1n) is 8.46. The quantitative estimate of drug-likeness (QED) is 0.832. The van der Waals surface area contributed by atoms with Crippen molar-refractivity contribution in [2.75, 3.05) is 7.11 Å². The lowest BCUT2D eigenvalue weighted by molar-refractivity contribution is -0.138. The summed E-state index contributed by atoms with van der Waals surface area (Å²) in [6.07, 6.45) is 7.44. The van der Waals surface area contributed by atoms with E-state index in [4.69, 9.17) is 4.74 Å². The number of methoxy groups -OCH3 is 1. The second-order valence-electron chi connectivity index (χ2n) is 6.62. The van der Waals surface area contributed by atoms with Crippen molar-refractivity contribution in [3.05, 3.63) is 46.5 Å². The van der Waals surface area contributed by atoms with Gasteiger partial charge in [-0.25, -0.2) is 0 Å². The van der Waals surface area contributed by atoms with E-state index in [1.165, 1.54) is 23.1 Å². The van der Waals surface area contributed by atoms with Crippen molar-refractivity contribution >= 4 is 5.91 Å². The van der Waals surface area contributed by atoms with Gasteiger partial charge in [-0.05, 0) is 61.6 Å². The molecule has 1 aromatic rings. The Kier molecular flexibility index (Phi) is 3.53. The van der Waals surface area contributed by atoms with Gasteiger partial charge in [-0.1, -0.05) is 24.3 Å². The SMILES string of the molecule is CO[C@H]1C2=C(CCCC2)C(=O)N1[C@H]1CCCc2ccccc21. The van der Waals surface area contributed by atoms with Crippen LogP contribution in [0.15, 0.2) is 35.4 Å². The number of benzene rings is 1. The number of hydrogen-bond donors (Lipinski definition) is 0. The van der Waals surface area contributed by atoms with Crippen LogP contribution < -0.4 is 0 Å². The maximum absolute atomic E-state index is 13.0. The summed E-state index contributed by atoms with van der Waals surface area (Å²) >= 11 is 0. The monoisotopic (exact) mass is 297 g/mol. The van der Waals surface area contributed by atoms with E-state index in [0.29, 0.717) is 0 Å². The number of carbonyl (C=O) groups excluding carboxylic acids is 1. The molecule has 0 unspecified atom stereocenters. The second-order valence-corrected chi connectivity index (χ2v) is 6.62. The zero-order valence-electron chi connectivity index (χ0n) is 13.2. The molecule has 0 spiro atoms. The minimum absolute atomic E-state index is 0.140. The van der Waals surface area contributed by atoms with Gasteiger partial charge >= 0.3 is 0 Å². The highest BCUT2D eigenvalue weighted by atomic mass is 16.5. The van der Waals surface area contributed by atoms with Gasteiger partial charge in [0.25, 0.3) is 5.91 Å². The van der Waals surface area contributed by atoms with E-state index < -0.39 is 0 Å². The topological polar surface area (TPSA) is 29.5 Å².